The average molecular weight is 181 g/mol. The van der Waals surface area contributed by atoms with Gasteiger partial charge in [0.1, 0.15) is 5.75 Å². The van der Waals surface area contributed by atoms with Gasteiger partial charge in [-0.2, -0.15) is 0 Å². The summed E-state index contributed by atoms with van der Waals surface area (Å²) in [6.45, 7) is 3.52. The van der Waals surface area contributed by atoms with E-state index in [1.165, 1.54) is 0 Å². The van der Waals surface area contributed by atoms with Crippen molar-refractivity contribution in [3.8, 4) is 5.75 Å². The molecule has 0 saturated carbocycles. The molecule has 0 unspecified atom stereocenters. The third kappa shape index (κ3) is 2.20. The lowest BCUT2D eigenvalue weighted by Crippen LogP contribution is -2.23. The lowest BCUT2D eigenvalue weighted by atomic mass is 10.0. The van der Waals surface area contributed by atoms with Crippen molar-refractivity contribution in [2.75, 3.05) is 0 Å². The van der Waals surface area contributed by atoms with E-state index < -0.39 is 12.1 Å². The van der Waals surface area contributed by atoms with Gasteiger partial charge in [0.25, 0.3) is 0 Å². The second-order valence-corrected chi connectivity index (χ2v) is 3.33. The largest absolute Gasteiger partial charge is 0.508 e. The van der Waals surface area contributed by atoms with Crippen molar-refractivity contribution in [3.05, 3.63) is 29.3 Å². The summed E-state index contributed by atoms with van der Waals surface area (Å²) in [6, 6.07) is 4.65. The Hall–Kier alpha value is -1.06. The Labute approximate surface area is 77.8 Å². The Morgan fingerprint density at radius 2 is 2.00 bits per heavy atom. The molecule has 0 radical (unpaired) electrons. The van der Waals surface area contributed by atoms with Gasteiger partial charge in [0.05, 0.1) is 12.1 Å². The molecule has 2 atom stereocenters. The molecule has 0 spiro atoms. The summed E-state index contributed by atoms with van der Waals surface area (Å²) < 4.78 is 0. The molecule has 0 aromatic heterocycles. The first-order valence-corrected chi connectivity index (χ1v) is 4.25. The first-order valence-electron chi connectivity index (χ1n) is 4.25. The van der Waals surface area contributed by atoms with Crippen molar-refractivity contribution in [2.24, 2.45) is 5.73 Å². The van der Waals surface area contributed by atoms with E-state index >= 15 is 0 Å². The molecule has 72 valence electrons. The van der Waals surface area contributed by atoms with Gasteiger partial charge in [0, 0.05) is 5.56 Å². The first-order chi connectivity index (χ1) is 6.02. The van der Waals surface area contributed by atoms with Crippen molar-refractivity contribution in [1.29, 1.82) is 0 Å². The van der Waals surface area contributed by atoms with E-state index in [0.717, 1.165) is 5.56 Å². The van der Waals surface area contributed by atoms with E-state index in [0.29, 0.717) is 5.56 Å². The summed E-state index contributed by atoms with van der Waals surface area (Å²) in [5, 5.41) is 18.7. The molecule has 4 N–H and O–H groups in total. The lowest BCUT2D eigenvalue weighted by Gasteiger charge is -2.16. The van der Waals surface area contributed by atoms with Crippen LogP contribution in [-0.2, 0) is 0 Å². The maximum atomic E-state index is 9.46. The maximum Gasteiger partial charge on any atom is 0.120 e. The van der Waals surface area contributed by atoms with Crippen molar-refractivity contribution in [3.63, 3.8) is 0 Å². The number of phenolic OH excluding ortho intramolecular Hbond substituents is 1. The van der Waals surface area contributed by atoms with Crippen LogP contribution >= 0.6 is 0 Å². The van der Waals surface area contributed by atoms with Crippen molar-refractivity contribution < 1.29 is 10.2 Å². The summed E-state index contributed by atoms with van der Waals surface area (Å²) >= 11 is 0. The topological polar surface area (TPSA) is 66.5 Å². The van der Waals surface area contributed by atoms with Crippen LogP contribution in [0.1, 0.15) is 24.1 Å². The minimum atomic E-state index is -0.660. The maximum absolute atomic E-state index is 9.46. The quantitative estimate of drug-likeness (QED) is 0.639. The number of aromatic hydroxyl groups is 1. The second kappa shape index (κ2) is 3.77. The highest BCUT2D eigenvalue weighted by Crippen LogP contribution is 2.25. The van der Waals surface area contributed by atoms with E-state index in [9.17, 15) is 10.2 Å². The number of phenols is 1. The van der Waals surface area contributed by atoms with Crippen LogP contribution in [0.15, 0.2) is 18.2 Å². The average Bonchev–Trinajstić information content (AvgIpc) is 2.08. The molecule has 3 nitrogen and oxygen atoms in total. The number of aryl methyl sites for hydroxylation is 1. The zero-order valence-electron chi connectivity index (χ0n) is 7.86. The Morgan fingerprint density at radius 1 is 1.38 bits per heavy atom. The number of hydrogen-bond donors (Lipinski definition) is 3. The fourth-order valence-electron chi connectivity index (χ4n) is 1.20. The molecule has 0 aliphatic carbocycles. The SMILES string of the molecule is Cc1ccc(O)c([C@H](N)[C@@H](C)O)c1. The Morgan fingerprint density at radius 3 is 2.54 bits per heavy atom. The van der Waals surface area contributed by atoms with Crippen LogP contribution in [0.25, 0.3) is 0 Å². The molecule has 1 rings (SSSR count). The fraction of sp³-hybridized carbons (Fsp3) is 0.400. The molecule has 0 fully saturated rings. The molecule has 0 aliphatic heterocycles. The Balaban J connectivity index is 3.05. The molecular formula is C10H15NO2. The van der Waals surface area contributed by atoms with Crippen molar-refractivity contribution in [1.82, 2.24) is 0 Å². The van der Waals surface area contributed by atoms with Gasteiger partial charge in [0.2, 0.25) is 0 Å². The molecule has 3 heteroatoms. The zero-order valence-corrected chi connectivity index (χ0v) is 7.86. The Kier molecular flexibility index (Phi) is 2.90. The standard InChI is InChI=1S/C10H15NO2/c1-6-3-4-9(13)8(5-6)10(11)7(2)12/h3-5,7,10,12-13H,11H2,1-2H3/t7-,10-/m1/s1. The van der Waals surface area contributed by atoms with E-state index in [1.54, 1.807) is 25.1 Å². The third-order valence-electron chi connectivity index (χ3n) is 2.06. The summed E-state index contributed by atoms with van der Waals surface area (Å²) in [6.07, 6.45) is -0.660. The number of rotatable bonds is 2. The summed E-state index contributed by atoms with van der Waals surface area (Å²) in [5.41, 5.74) is 7.31. The van der Waals surface area contributed by atoms with Gasteiger partial charge in [-0.15, -0.1) is 0 Å². The molecule has 0 saturated heterocycles. The number of aliphatic hydroxyl groups is 1. The number of nitrogens with two attached hydrogens (primary N) is 1. The smallest absolute Gasteiger partial charge is 0.120 e. The molecule has 1 aromatic rings. The Bertz CT molecular complexity index is 297. The van der Waals surface area contributed by atoms with Crippen molar-refractivity contribution in [2.45, 2.75) is 26.0 Å². The molecule has 0 heterocycles. The molecule has 13 heavy (non-hydrogen) atoms. The highest BCUT2D eigenvalue weighted by molar-refractivity contribution is 5.38. The van der Waals surface area contributed by atoms with Crippen LogP contribution in [-0.4, -0.2) is 16.3 Å². The van der Waals surface area contributed by atoms with Crippen LogP contribution in [0.2, 0.25) is 0 Å². The van der Waals surface area contributed by atoms with Gasteiger partial charge in [0.15, 0.2) is 0 Å². The zero-order chi connectivity index (χ0) is 10.0. The van der Waals surface area contributed by atoms with Crippen LogP contribution in [0.4, 0.5) is 0 Å². The van der Waals surface area contributed by atoms with Gasteiger partial charge in [-0.3, -0.25) is 0 Å². The molecule has 0 bridgehead atoms. The predicted octanol–water partition coefficient (Wildman–Crippen LogP) is 1.08. The first kappa shape index (κ1) is 10.0. The van der Waals surface area contributed by atoms with E-state index in [4.69, 9.17) is 5.73 Å². The predicted molar refractivity (Wildman–Crippen MR) is 51.5 cm³/mol. The molecule has 0 amide bonds. The monoisotopic (exact) mass is 181 g/mol. The minimum Gasteiger partial charge on any atom is -0.508 e. The lowest BCUT2D eigenvalue weighted by molar-refractivity contribution is 0.163. The fourth-order valence-corrected chi connectivity index (χ4v) is 1.20. The highest BCUT2D eigenvalue weighted by atomic mass is 16.3. The number of benzene rings is 1. The van der Waals surface area contributed by atoms with Crippen LogP contribution in [0.5, 0.6) is 5.75 Å². The second-order valence-electron chi connectivity index (χ2n) is 3.33. The van der Waals surface area contributed by atoms with E-state index in [2.05, 4.69) is 0 Å². The van der Waals surface area contributed by atoms with Gasteiger partial charge < -0.3 is 15.9 Å². The summed E-state index contributed by atoms with van der Waals surface area (Å²) in [5.74, 6) is 0.138. The van der Waals surface area contributed by atoms with Crippen LogP contribution in [0.3, 0.4) is 0 Å². The van der Waals surface area contributed by atoms with Crippen LogP contribution in [0, 0.1) is 6.92 Å². The third-order valence-corrected chi connectivity index (χ3v) is 2.06. The number of hydrogen-bond acceptors (Lipinski definition) is 3. The van der Waals surface area contributed by atoms with Crippen LogP contribution < -0.4 is 5.73 Å². The summed E-state index contributed by atoms with van der Waals surface area (Å²) in [7, 11) is 0. The molecule has 1 aromatic carbocycles. The van der Waals surface area contributed by atoms with Crippen molar-refractivity contribution >= 4 is 0 Å². The van der Waals surface area contributed by atoms with Gasteiger partial charge in [-0.25, -0.2) is 0 Å². The van der Waals surface area contributed by atoms with Gasteiger partial charge in [-0.1, -0.05) is 17.7 Å². The van der Waals surface area contributed by atoms with Gasteiger partial charge in [-0.05, 0) is 19.9 Å². The number of aliphatic hydroxyl groups excluding tert-OH is 1. The van der Waals surface area contributed by atoms with E-state index in [1.807, 2.05) is 6.92 Å². The van der Waals surface area contributed by atoms with Gasteiger partial charge >= 0.3 is 0 Å². The summed E-state index contributed by atoms with van der Waals surface area (Å²) in [4.78, 5) is 0. The highest BCUT2D eigenvalue weighted by Gasteiger charge is 2.15. The molecule has 0 aliphatic rings. The normalized spacial score (nSPS) is 15.4. The minimum absolute atomic E-state index is 0.138. The van der Waals surface area contributed by atoms with E-state index in [-0.39, 0.29) is 5.75 Å². The molecular weight excluding hydrogens is 166 g/mol.